The van der Waals surface area contributed by atoms with Gasteiger partial charge < -0.3 is 10.1 Å². The summed E-state index contributed by atoms with van der Waals surface area (Å²) in [6, 6.07) is 13.3. The molecule has 0 saturated heterocycles. The lowest BCUT2D eigenvalue weighted by atomic mass is 10.2. The van der Waals surface area contributed by atoms with E-state index in [1.165, 1.54) is 18.2 Å². The summed E-state index contributed by atoms with van der Waals surface area (Å²) in [6.45, 7) is 2.75. The van der Waals surface area contributed by atoms with Gasteiger partial charge in [-0.25, -0.2) is 4.39 Å². The third-order valence-electron chi connectivity index (χ3n) is 3.18. The van der Waals surface area contributed by atoms with Crippen LogP contribution in [0.4, 0.5) is 10.1 Å². The van der Waals surface area contributed by atoms with Crippen molar-refractivity contribution in [3.8, 4) is 5.75 Å². The molecule has 4 heteroatoms. The van der Waals surface area contributed by atoms with Gasteiger partial charge in [0.2, 0.25) is 5.91 Å². The van der Waals surface area contributed by atoms with E-state index in [2.05, 4.69) is 12.2 Å². The van der Waals surface area contributed by atoms with Gasteiger partial charge in [-0.05, 0) is 36.8 Å². The van der Waals surface area contributed by atoms with Gasteiger partial charge in [-0.1, -0.05) is 37.6 Å². The number of hydrogen-bond donors (Lipinski definition) is 1. The van der Waals surface area contributed by atoms with E-state index in [0.29, 0.717) is 12.3 Å². The summed E-state index contributed by atoms with van der Waals surface area (Å²) >= 11 is 0. The van der Waals surface area contributed by atoms with E-state index in [-0.39, 0.29) is 11.7 Å². The summed E-state index contributed by atoms with van der Waals surface area (Å²) in [7, 11) is 0. The largest absolute Gasteiger partial charge is 0.493 e. The van der Waals surface area contributed by atoms with Crippen LogP contribution in [0.1, 0.15) is 25.3 Å². The number of para-hydroxylation sites is 1. The van der Waals surface area contributed by atoms with Crippen molar-refractivity contribution in [2.75, 3.05) is 11.9 Å². The lowest BCUT2D eigenvalue weighted by Crippen LogP contribution is -2.07. The van der Waals surface area contributed by atoms with Crippen LogP contribution in [-0.2, 0) is 4.79 Å². The number of carbonyl (C=O) groups excluding carboxylic acids is 1. The molecule has 0 aliphatic rings. The van der Waals surface area contributed by atoms with Crippen molar-refractivity contribution < 1.29 is 13.9 Å². The fraction of sp³-hybridized carbons (Fsp3) is 0.211. The van der Waals surface area contributed by atoms with Gasteiger partial charge in [-0.15, -0.1) is 0 Å². The molecular weight excluding hydrogens is 293 g/mol. The highest BCUT2D eigenvalue weighted by atomic mass is 19.1. The number of anilines is 1. The Kier molecular flexibility index (Phi) is 6.36. The second-order valence-electron chi connectivity index (χ2n) is 5.07. The van der Waals surface area contributed by atoms with E-state index in [1.807, 2.05) is 24.3 Å². The molecule has 2 rings (SSSR count). The van der Waals surface area contributed by atoms with Crippen LogP contribution < -0.4 is 10.1 Å². The minimum absolute atomic E-state index is 0.320. The van der Waals surface area contributed by atoms with E-state index >= 15 is 0 Å². The quantitative estimate of drug-likeness (QED) is 0.596. The van der Waals surface area contributed by atoms with Crippen molar-refractivity contribution in [2.45, 2.75) is 19.8 Å². The Hall–Kier alpha value is -2.62. The molecule has 0 unspecified atom stereocenters. The van der Waals surface area contributed by atoms with Crippen LogP contribution in [-0.4, -0.2) is 12.5 Å². The average Bonchev–Trinajstić information content (AvgIpc) is 2.54. The number of ether oxygens (including phenoxy) is 1. The fourth-order valence-corrected chi connectivity index (χ4v) is 1.99. The predicted octanol–water partition coefficient (Wildman–Crippen LogP) is 4.66. The summed E-state index contributed by atoms with van der Waals surface area (Å²) in [4.78, 5) is 11.9. The molecule has 3 nitrogen and oxygen atoms in total. The van der Waals surface area contributed by atoms with Crippen LogP contribution in [0.15, 0.2) is 54.6 Å². The zero-order chi connectivity index (χ0) is 16.5. The number of unbranched alkanes of at least 4 members (excludes halogenated alkanes) is 1. The van der Waals surface area contributed by atoms with Crippen molar-refractivity contribution in [1.82, 2.24) is 0 Å². The maximum atomic E-state index is 13.1. The van der Waals surface area contributed by atoms with Gasteiger partial charge in [0.25, 0.3) is 0 Å². The number of amides is 1. The number of rotatable bonds is 7. The normalized spacial score (nSPS) is 10.7. The van der Waals surface area contributed by atoms with Crippen LogP contribution in [0.2, 0.25) is 0 Å². The Morgan fingerprint density at radius 3 is 2.83 bits per heavy atom. The smallest absolute Gasteiger partial charge is 0.248 e. The molecule has 1 N–H and O–H groups in total. The number of hydrogen-bond acceptors (Lipinski definition) is 2. The van der Waals surface area contributed by atoms with E-state index in [4.69, 9.17) is 4.74 Å². The Morgan fingerprint density at radius 2 is 2.04 bits per heavy atom. The zero-order valence-corrected chi connectivity index (χ0v) is 13.1. The van der Waals surface area contributed by atoms with Crippen LogP contribution >= 0.6 is 0 Å². The summed E-state index contributed by atoms with van der Waals surface area (Å²) < 4.78 is 18.8. The van der Waals surface area contributed by atoms with Crippen molar-refractivity contribution in [3.05, 3.63) is 66.0 Å². The Labute approximate surface area is 135 Å². The lowest BCUT2D eigenvalue weighted by molar-refractivity contribution is -0.111. The molecule has 0 aliphatic carbocycles. The predicted molar refractivity (Wildman–Crippen MR) is 90.9 cm³/mol. The first-order chi connectivity index (χ1) is 11.2. The van der Waals surface area contributed by atoms with Crippen LogP contribution in [0.25, 0.3) is 6.08 Å². The third kappa shape index (κ3) is 5.58. The number of benzene rings is 2. The molecule has 120 valence electrons. The Bertz CT molecular complexity index is 683. The van der Waals surface area contributed by atoms with E-state index in [1.54, 1.807) is 18.2 Å². The molecule has 0 aromatic heterocycles. The molecule has 0 bridgehead atoms. The van der Waals surface area contributed by atoms with Gasteiger partial charge in [0.05, 0.1) is 6.61 Å². The van der Waals surface area contributed by atoms with E-state index in [9.17, 15) is 9.18 Å². The van der Waals surface area contributed by atoms with Gasteiger partial charge in [0.15, 0.2) is 0 Å². The standard InChI is InChI=1S/C19H20FNO2/c1-2-3-13-23-18-10-5-4-7-15(18)11-12-19(22)21-17-9-6-8-16(20)14-17/h4-12,14H,2-3,13H2,1H3,(H,21,22). The molecule has 0 saturated carbocycles. The van der Waals surface area contributed by atoms with Gasteiger partial charge in [0, 0.05) is 17.3 Å². The maximum absolute atomic E-state index is 13.1. The second kappa shape index (κ2) is 8.73. The highest BCUT2D eigenvalue weighted by Crippen LogP contribution is 2.20. The Balaban J connectivity index is 2.00. The SMILES string of the molecule is CCCCOc1ccccc1C=CC(=O)Nc1cccc(F)c1. The van der Waals surface area contributed by atoms with E-state index < -0.39 is 0 Å². The minimum Gasteiger partial charge on any atom is -0.493 e. The molecule has 0 radical (unpaired) electrons. The number of halogens is 1. The van der Waals surface area contributed by atoms with Gasteiger partial charge in [-0.2, -0.15) is 0 Å². The van der Waals surface area contributed by atoms with Crippen LogP contribution in [0.3, 0.4) is 0 Å². The van der Waals surface area contributed by atoms with E-state index in [0.717, 1.165) is 24.2 Å². The minimum atomic E-state index is -0.388. The maximum Gasteiger partial charge on any atom is 0.248 e. The molecule has 0 heterocycles. The molecule has 2 aromatic rings. The number of carbonyl (C=O) groups is 1. The molecule has 0 atom stereocenters. The molecule has 1 amide bonds. The van der Waals surface area contributed by atoms with Crippen molar-refractivity contribution in [3.63, 3.8) is 0 Å². The highest BCUT2D eigenvalue weighted by molar-refractivity contribution is 6.02. The first-order valence-electron chi connectivity index (χ1n) is 7.65. The summed E-state index contributed by atoms with van der Waals surface area (Å²) in [5.74, 6) is 0.0381. The first kappa shape index (κ1) is 16.7. The molecular formula is C19H20FNO2. The highest BCUT2D eigenvalue weighted by Gasteiger charge is 2.02. The Morgan fingerprint density at radius 1 is 1.22 bits per heavy atom. The monoisotopic (exact) mass is 313 g/mol. The van der Waals surface area contributed by atoms with Gasteiger partial charge in [-0.3, -0.25) is 4.79 Å². The topological polar surface area (TPSA) is 38.3 Å². The van der Waals surface area contributed by atoms with Crippen molar-refractivity contribution in [2.24, 2.45) is 0 Å². The molecule has 23 heavy (non-hydrogen) atoms. The van der Waals surface area contributed by atoms with Crippen molar-refractivity contribution in [1.29, 1.82) is 0 Å². The summed E-state index contributed by atoms with van der Waals surface area (Å²) in [6.07, 6.45) is 5.15. The van der Waals surface area contributed by atoms with Crippen molar-refractivity contribution >= 4 is 17.7 Å². The molecule has 0 aliphatic heterocycles. The summed E-state index contributed by atoms with van der Waals surface area (Å²) in [5.41, 5.74) is 1.25. The fourth-order valence-electron chi connectivity index (χ4n) is 1.99. The zero-order valence-electron chi connectivity index (χ0n) is 13.1. The van der Waals surface area contributed by atoms with Crippen LogP contribution in [0, 0.1) is 5.82 Å². The third-order valence-corrected chi connectivity index (χ3v) is 3.18. The first-order valence-corrected chi connectivity index (χ1v) is 7.65. The molecule has 0 fully saturated rings. The number of nitrogens with one attached hydrogen (secondary N) is 1. The lowest BCUT2D eigenvalue weighted by Gasteiger charge is -2.08. The second-order valence-corrected chi connectivity index (χ2v) is 5.07. The van der Waals surface area contributed by atoms with Gasteiger partial charge >= 0.3 is 0 Å². The summed E-state index contributed by atoms with van der Waals surface area (Å²) in [5, 5.41) is 2.62. The molecule has 0 spiro atoms. The average molecular weight is 313 g/mol. The van der Waals surface area contributed by atoms with Gasteiger partial charge in [0.1, 0.15) is 11.6 Å². The molecule has 2 aromatic carbocycles. The van der Waals surface area contributed by atoms with Crippen LogP contribution in [0.5, 0.6) is 5.75 Å².